The van der Waals surface area contributed by atoms with Crippen LogP contribution in [-0.4, -0.2) is 42.1 Å². The van der Waals surface area contributed by atoms with Crippen molar-refractivity contribution in [1.29, 1.82) is 0 Å². The van der Waals surface area contributed by atoms with E-state index in [1.165, 1.54) is 6.08 Å². The Hall–Kier alpha value is -2.30. The Morgan fingerprint density at radius 3 is 2.70 bits per heavy atom. The summed E-state index contributed by atoms with van der Waals surface area (Å²) >= 11 is 0. The highest BCUT2D eigenvalue weighted by molar-refractivity contribution is 5.86. The third kappa shape index (κ3) is 4.76. The SMILES string of the molecule is CCN(C)C(=O)COc1ccc(C)cc1C=CC(=O)O. The number of carboxylic acid groups (broad SMARTS) is 1. The van der Waals surface area contributed by atoms with Crippen molar-refractivity contribution in [3.63, 3.8) is 0 Å². The van der Waals surface area contributed by atoms with E-state index in [-0.39, 0.29) is 12.5 Å². The van der Waals surface area contributed by atoms with Crippen LogP contribution in [0, 0.1) is 6.92 Å². The van der Waals surface area contributed by atoms with E-state index in [2.05, 4.69) is 0 Å². The highest BCUT2D eigenvalue weighted by atomic mass is 16.5. The average molecular weight is 277 g/mol. The first-order valence-corrected chi connectivity index (χ1v) is 6.32. The van der Waals surface area contributed by atoms with Crippen LogP contribution in [0.25, 0.3) is 6.08 Å². The molecule has 0 saturated heterocycles. The minimum absolute atomic E-state index is 0.0681. The van der Waals surface area contributed by atoms with Gasteiger partial charge in [-0.2, -0.15) is 0 Å². The normalized spacial score (nSPS) is 10.6. The van der Waals surface area contributed by atoms with Gasteiger partial charge in [-0.25, -0.2) is 4.79 Å². The zero-order valence-corrected chi connectivity index (χ0v) is 11.9. The van der Waals surface area contributed by atoms with Gasteiger partial charge in [0.05, 0.1) is 0 Å². The molecule has 0 aromatic heterocycles. The molecule has 0 aliphatic carbocycles. The Labute approximate surface area is 118 Å². The number of benzene rings is 1. The first-order chi connectivity index (χ1) is 9.43. The second kappa shape index (κ2) is 7.33. The Bertz CT molecular complexity index is 523. The quantitative estimate of drug-likeness (QED) is 0.807. The Morgan fingerprint density at radius 2 is 2.10 bits per heavy atom. The van der Waals surface area contributed by atoms with Crippen molar-refractivity contribution in [2.24, 2.45) is 0 Å². The van der Waals surface area contributed by atoms with Crippen LogP contribution < -0.4 is 4.74 Å². The molecule has 108 valence electrons. The van der Waals surface area contributed by atoms with Gasteiger partial charge in [0, 0.05) is 25.2 Å². The van der Waals surface area contributed by atoms with Crippen LogP contribution in [0.4, 0.5) is 0 Å². The molecule has 1 aromatic rings. The van der Waals surface area contributed by atoms with Crippen LogP contribution in [0.1, 0.15) is 18.1 Å². The molecule has 0 radical (unpaired) electrons. The smallest absolute Gasteiger partial charge is 0.328 e. The summed E-state index contributed by atoms with van der Waals surface area (Å²) in [4.78, 5) is 23.8. The summed E-state index contributed by atoms with van der Waals surface area (Å²) in [7, 11) is 1.70. The van der Waals surface area contributed by atoms with Gasteiger partial charge in [0.15, 0.2) is 6.61 Å². The third-order valence-corrected chi connectivity index (χ3v) is 2.82. The van der Waals surface area contributed by atoms with Gasteiger partial charge in [-0.05, 0) is 32.1 Å². The first-order valence-electron chi connectivity index (χ1n) is 6.32. The number of hydrogen-bond acceptors (Lipinski definition) is 3. The van der Waals surface area contributed by atoms with Crippen LogP contribution >= 0.6 is 0 Å². The first kappa shape index (κ1) is 15.8. The number of carbonyl (C=O) groups is 2. The molecule has 1 amide bonds. The van der Waals surface area contributed by atoms with Crippen LogP contribution in [0.2, 0.25) is 0 Å². The molecule has 5 nitrogen and oxygen atoms in total. The van der Waals surface area contributed by atoms with E-state index in [4.69, 9.17) is 9.84 Å². The number of likely N-dealkylation sites (N-methyl/N-ethyl adjacent to an activating group) is 1. The number of aryl methyl sites for hydroxylation is 1. The molecule has 1 N–H and O–H groups in total. The van der Waals surface area contributed by atoms with Gasteiger partial charge in [0.1, 0.15) is 5.75 Å². The van der Waals surface area contributed by atoms with Crippen molar-refractivity contribution in [3.05, 3.63) is 35.4 Å². The lowest BCUT2D eigenvalue weighted by Gasteiger charge is -2.15. The topological polar surface area (TPSA) is 66.8 Å². The van der Waals surface area contributed by atoms with Gasteiger partial charge in [-0.1, -0.05) is 11.6 Å². The van der Waals surface area contributed by atoms with Crippen molar-refractivity contribution >= 4 is 18.0 Å². The summed E-state index contributed by atoms with van der Waals surface area (Å²) in [6.07, 6.45) is 2.50. The second-order valence-electron chi connectivity index (χ2n) is 4.41. The molecule has 5 heteroatoms. The highest BCUT2D eigenvalue weighted by Gasteiger charge is 2.09. The Kier molecular flexibility index (Phi) is 5.77. The summed E-state index contributed by atoms with van der Waals surface area (Å²) in [5.74, 6) is -0.661. The molecule has 0 bridgehead atoms. The van der Waals surface area contributed by atoms with E-state index in [1.54, 1.807) is 18.0 Å². The molecule has 0 fully saturated rings. The zero-order chi connectivity index (χ0) is 15.1. The number of carbonyl (C=O) groups excluding carboxylic acids is 1. The van der Waals surface area contributed by atoms with E-state index in [1.807, 2.05) is 26.0 Å². The number of amides is 1. The predicted octanol–water partition coefficient (Wildman–Crippen LogP) is 1.95. The van der Waals surface area contributed by atoms with Crippen molar-refractivity contribution in [1.82, 2.24) is 4.90 Å². The van der Waals surface area contributed by atoms with Crippen molar-refractivity contribution in [2.45, 2.75) is 13.8 Å². The number of aliphatic carboxylic acids is 1. The van der Waals surface area contributed by atoms with E-state index in [9.17, 15) is 9.59 Å². The number of carboxylic acids is 1. The van der Waals surface area contributed by atoms with Gasteiger partial charge >= 0.3 is 5.97 Å². The van der Waals surface area contributed by atoms with Crippen molar-refractivity contribution < 1.29 is 19.4 Å². The van der Waals surface area contributed by atoms with Gasteiger partial charge in [-0.3, -0.25) is 4.79 Å². The molecular weight excluding hydrogens is 258 g/mol. The number of hydrogen-bond donors (Lipinski definition) is 1. The fourth-order valence-electron chi connectivity index (χ4n) is 1.52. The molecule has 1 rings (SSSR count). The average Bonchev–Trinajstić information content (AvgIpc) is 2.42. The fourth-order valence-corrected chi connectivity index (χ4v) is 1.52. The van der Waals surface area contributed by atoms with Gasteiger partial charge in [-0.15, -0.1) is 0 Å². The van der Waals surface area contributed by atoms with Gasteiger partial charge < -0.3 is 14.7 Å². The standard InChI is InChI=1S/C15H19NO4/c1-4-16(3)14(17)10-20-13-7-5-11(2)9-12(13)6-8-15(18)19/h5-9H,4,10H2,1-3H3,(H,18,19). The van der Waals surface area contributed by atoms with E-state index >= 15 is 0 Å². The molecule has 1 aromatic carbocycles. The van der Waals surface area contributed by atoms with E-state index in [0.29, 0.717) is 17.9 Å². The lowest BCUT2D eigenvalue weighted by atomic mass is 10.1. The number of ether oxygens (including phenoxy) is 1. The molecular formula is C15H19NO4. The summed E-state index contributed by atoms with van der Waals surface area (Å²) in [6.45, 7) is 4.33. The minimum Gasteiger partial charge on any atom is -0.483 e. The number of rotatable bonds is 6. The largest absolute Gasteiger partial charge is 0.483 e. The maximum Gasteiger partial charge on any atom is 0.328 e. The molecule has 20 heavy (non-hydrogen) atoms. The lowest BCUT2D eigenvalue weighted by Crippen LogP contribution is -2.31. The van der Waals surface area contributed by atoms with Gasteiger partial charge in [0.25, 0.3) is 5.91 Å². The molecule has 0 aliphatic heterocycles. The monoisotopic (exact) mass is 277 g/mol. The third-order valence-electron chi connectivity index (χ3n) is 2.82. The van der Waals surface area contributed by atoms with Crippen molar-refractivity contribution in [2.75, 3.05) is 20.2 Å². The molecule has 0 saturated carbocycles. The van der Waals surface area contributed by atoms with Crippen LogP contribution in [-0.2, 0) is 9.59 Å². The molecule has 0 aliphatic rings. The molecule has 0 unspecified atom stereocenters. The van der Waals surface area contributed by atoms with E-state index < -0.39 is 5.97 Å². The maximum atomic E-state index is 11.7. The molecule has 0 spiro atoms. The minimum atomic E-state index is -1.03. The Balaban J connectivity index is 2.84. The van der Waals surface area contributed by atoms with E-state index in [0.717, 1.165) is 11.6 Å². The number of nitrogens with zero attached hydrogens (tertiary/aromatic N) is 1. The van der Waals surface area contributed by atoms with Crippen LogP contribution in [0.15, 0.2) is 24.3 Å². The summed E-state index contributed by atoms with van der Waals surface area (Å²) in [6, 6.07) is 5.39. The molecule has 0 atom stereocenters. The van der Waals surface area contributed by atoms with Crippen LogP contribution in [0.3, 0.4) is 0 Å². The van der Waals surface area contributed by atoms with Crippen molar-refractivity contribution in [3.8, 4) is 5.75 Å². The van der Waals surface area contributed by atoms with Crippen LogP contribution in [0.5, 0.6) is 5.75 Å². The summed E-state index contributed by atoms with van der Waals surface area (Å²) in [5, 5.41) is 8.67. The second-order valence-corrected chi connectivity index (χ2v) is 4.41. The summed E-state index contributed by atoms with van der Waals surface area (Å²) in [5.41, 5.74) is 1.62. The predicted molar refractivity (Wildman–Crippen MR) is 76.7 cm³/mol. The maximum absolute atomic E-state index is 11.7. The van der Waals surface area contributed by atoms with Gasteiger partial charge in [0.2, 0.25) is 0 Å². The fraction of sp³-hybridized carbons (Fsp3) is 0.333. The lowest BCUT2D eigenvalue weighted by molar-refractivity contribution is -0.132. The molecule has 0 heterocycles. The zero-order valence-electron chi connectivity index (χ0n) is 11.9. The summed E-state index contributed by atoms with van der Waals surface area (Å²) < 4.78 is 5.47. The highest BCUT2D eigenvalue weighted by Crippen LogP contribution is 2.21. The Morgan fingerprint density at radius 1 is 1.40 bits per heavy atom.